The fraction of sp³-hybridized carbons (Fsp3) is 0.350. The Balaban J connectivity index is 1.50. The molecule has 1 aliphatic rings. The summed E-state index contributed by atoms with van der Waals surface area (Å²) in [6, 6.07) is 13.4. The Labute approximate surface area is 153 Å². The van der Waals surface area contributed by atoms with E-state index in [0.29, 0.717) is 25.1 Å². The maximum absolute atomic E-state index is 12.4. The van der Waals surface area contributed by atoms with Crippen molar-refractivity contribution in [1.82, 2.24) is 15.2 Å². The van der Waals surface area contributed by atoms with E-state index >= 15 is 0 Å². The van der Waals surface area contributed by atoms with Crippen molar-refractivity contribution in [3.8, 4) is 5.88 Å². The van der Waals surface area contributed by atoms with Crippen LogP contribution < -0.4 is 10.1 Å². The number of aryl methyl sites for hydroxylation is 1. The van der Waals surface area contributed by atoms with Gasteiger partial charge in [0, 0.05) is 25.7 Å². The van der Waals surface area contributed by atoms with E-state index in [-0.39, 0.29) is 23.7 Å². The quantitative estimate of drug-likeness (QED) is 0.827. The molecule has 1 atom stereocenters. The summed E-state index contributed by atoms with van der Waals surface area (Å²) < 4.78 is 5.12. The molecule has 0 radical (unpaired) electrons. The third-order valence-electron chi connectivity index (χ3n) is 4.50. The molecule has 1 aromatic heterocycles. The maximum atomic E-state index is 12.4. The first-order valence-corrected chi connectivity index (χ1v) is 8.79. The third-order valence-corrected chi connectivity index (χ3v) is 4.50. The van der Waals surface area contributed by atoms with Crippen molar-refractivity contribution < 1.29 is 14.3 Å². The Morgan fingerprint density at radius 1 is 1.27 bits per heavy atom. The van der Waals surface area contributed by atoms with E-state index in [1.165, 1.54) is 12.7 Å². The molecule has 0 aliphatic carbocycles. The van der Waals surface area contributed by atoms with Crippen LogP contribution in [0.2, 0.25) is 0 Å². The summed E-state index contributed by atoms with van der Waals surface area (Å²) in [6.45, 7) is 1.25. The van der Waals surface area contributed by atoms with E-state index < -0.39 is 0 Å². The zero-order valence-corrected chi connectivity index (χ0v) is 14.9. The Hall–Kier alpha value is -2.89. The van der Waals surface area contributed by atoms with Gasteiger partial charge < -0.3 is 15.0 Å². The van der Waals surface area contributed by atoms with Gasteiger partial charge in [0.1, 0.15) is 5.56 Å². The standard InChI is InChI=1S/C20H23N3O3/c1-26-20-17(10-5-11-21-20)19(25)22-16-13-18(24)23(14-16)12-6-9-15-7-3-2-4-8-15/h2-5,7-8,10-11,16H,6,9,12-14H2,1H3,(H,22,25)/t16-/m1/s1. The first-order chi connectivity index (χ1) is 12.7. The highest BCUT2D eigenvalue weighted by Crippen LogP contribution is 2.16. The predicted molar refractivity (Wildman–Crippen MR) is 98.0 cm³/mol. The Kier molecular flexibility index (Phi) is 5.84. The van der Waals surface area contributed by atoms with Crippen LogP contribution in [0, 0.1) is 0 Å². The van der Waals surface area contributed by atoms with Gasteiger partial charge in [-0.15, -0.1) is 0 Å². The lowest BCUT2D eigenvalue weighted by Gasteiger charge is -2.17. The molecular formula is C20H23N3O3. The molecule has 26 heavy (non-hydrogen) atoms. The molecule has 2 amide bonds. The smallest absolute Gasteiger partial charge is 0.257 e. The lowest BCUT2D eigenvalue weighted by Crippen LogP contribution is -2.37. The first kappa shape index (κ1) is 17.9. The van der Waals surface area contributed by atoms with Crippen molar-refractivity contribution in [2.75, 3.05) is 20.2 Å². The number of carbonyl (C=O) groups is 2. The van der Waals surface area contributed by atoms with E-state index in [1.807, 2.05) is 23.1 Å². The van der Waals surface area contributed by atoms with Crippen LogP contribution in [0.3, 0.4) is 0 Å². The summed E-state index contributed by atoms with van der Waals surface area (Å²) in [5.41, 5.74) is 1.65. The SMILES string of the molecule is COc1ncccc1C(=O)N[C@@H]1CC(=O)N(CCCc2ccccc2)C1. The summed E-state index contributed by atoms with van der Waals surface area (Å²) >= 11 is 0. The second-order valence-corrected chi connectivity index (χ2v) is 6.36. The van der Waals surface area contributed by atoms with Crippen LogP contribution in [-0.2, 0) is 11.2 Å². The molecular weight excluding hydrogens is 330 g/mol. The number of carbonyl (C=O) groups excluding carboxylic acids is 2. The number of nitrogens with one attached hydrogen (secondary N) is 1. The average molecular weight is 353 g/mol. The molecule has 1 saturated heterocycles. The zero-order chi connectivity index (χ0) is 18.4. The molecule has 3 rings (SSSR count). The minimum Gasteiger partial charge on any atom is -0.480 e. The highest BCUT2D eigenvalue weighted by Gasteiger charge is 2.30. The Bertz CT molecular complexity index is 764. The van der Waals surface area contributed by atoms with Crippen LogP contribution in [-0.4, -0.2) is 47.9 Å². The van der Waals surface area contributed by atoms with Crippen molar-refractivity contribution >= 4 is 11.8 Å². The van der Waals surface area contributed by atoms with E-state index in [0.717, 1.165) is 12.8 Å². The molecule has 1 N–H and O–H groups in total. The number of nitrogens with zero attached hydrogens (tertiary/aromatic N) is 2. The first-order valence-electron chi connectivity index (χ1n) is 8.79. The van der Waals surface area contributed by atoms with Crippen molar-refractivity contribution in [1.29, 1.82) is 0 Å². The van der Waals surface area contributed by atoms with Crippen LogP contribution in [0.1, 0.15) is 28.8 Å². The maximum Gasteiger partial charge on any atom is 0.257 e. The van der Waals surface area contributed by atoms with Gasteiger partial charge in [-0.05, 0) is 30.5 Å². The summed E-state index contributed by atoms with van der Waals surface area (Å²) in [7, 11) is 1.48. The second-order valence-electron chi connectivity index (χ2n) is 6.36. The van der Waals surface area contributed by atoms with Gasteiger partial charge in [0.25, 0.3) is 5.91 Å². The Morgan fingerprint density at radius 2 is 2.08 bits per heavy atom. The highest BCUT2D eigenvalue weighted by atomic mass is 16.5. The van der Waals surface area contributed by atoms with Crippen LogP contribution in [0.25, 0.3) is 0 Å². The molecule has 136 valence electrons. The third kappa shape index (κ3) is 4.39. The number of likely N-dealkylation sites (tertiary alicyclic amines) is 1. The number of rotatable bonds is 7. The minimum absolute atomic E-state index is 0.0847. The van der Waals surface area contributed by atoms with Gasteiger partial charge >= 0.3 is 0 Å². The lowest BCUT2D eigenvalue weighted by atomic mass is 10.1. The van der Waals surface area contributed by atoms with Crippen molar-refractivity contribution in [2.45, 2.75) is 25.3 Å². The van der Waals surface area contributed by atoms with Gasteiger partial charge in [0.05, 0.1) is 13.2 Å². The molecule has 6 nitrogen and oxygen atoms in total. The van der Waals surface area contributed by atoms with Crippen LogP contribution in [0.4, 0.5) is 0 Å². The second kappa shape index (κ2) is 8.47. The van der Waals surface area contributed by atoms with Gasteiger partial charge in [0.2, 0.25) is 11.8 Å². The summed E-state index contributed by atoms with van der Waals surface area (Å²) in [4.78, 5) is 30.5. The van der Waals surface area contributed by atoms with Crippen LogP contribution in [0.5, 0.6) is 5.88 Å². The zero-order valence-electron chi connectivity index (χ0n) is 14.9. The highest BCUT2D eigenvalue weighted by molar-refractivity contribution is 5.97. The fourth-order valence-corrected chi connectivity index (χ4v) is 3.19. The van der Waals surface area contributed by atoms with E-state index in [9.17, 15) is 9.59 Å². The van der Waals surface area contributed by atoms with Crippen LogP contribution >= 0.6 is 0 Å². The molecule has 0 saturated carbocycles. The molecule has 1 aromatic carbocycles. The van der Waals surface area contributed by atoms with Crippen molar-refractivity contribution in [3.05, 3.63) is 59.8 Å². The number of amides is 2. The topological polar surface area (TPSA) is 71.5 Å². The molecule has 1 aliphatic heterocycles. The number of ether oxygens (including phenoxy) is 1. The normalized spacial score (nSPS) is 16.6. The molecule has 2 heterocycles. The van der Waals surface area contributed by atoms with Crippen LogP contribution in [0.15, 0.2) is 48.7 Å². The van der Waals surface area contributed by atoms with Crippen molar-refractivity contribution in [2.24, 2.45) is 0 Å². The van der Waals surface area contributed by atoms with Gasteiger partial charge in [-0.25, -0.2) is 4.98 Å². The van der Waals surface area contributed by atoms with Gasteiger partial charge in [0.15, 0.2) is 0 Å². The largest absolute Gasteiger partial charge is 0.480 e. The number of hydrogen-bond acceptors (Lipinski definition) is 4. The number of aromatic nitrogens is 1. The summed E-state index contributed by atoms with van der Waals surface area (Å²) in [5.74, 6) is 0.106. The van der Waals surface area contributed by atoms with Gasteiger partial charge in [-0.2, -0.15) is 0 Å². The molecule has 1 fully saturated rings. The van der Waals surface area contributed by atoms with Gasteiger partial charge in [-0.1, -0.05) is 30.3 Å². The summed E-state index contributed by atoms with van der Waals surface area (Å²) in [6.07, 6.45) is 3.75. The molecule has 6 heteroatoms. The van der Waals surface area contributed by atoms with E-state index in [1.54, 1.807) is 18.3 Å². The fourth-order valence-electron chi connectivity index (χ4n) is 3.19. The molecule has 0 unspecified atom stereocenters. The number of benzene rings is 1. The van der Waals surface area contributed by atoms with Crippen molar-refractivity contribution in [3.63, 3.8) is 0 Å². The van der Waals surface area contributed by atoms with Gasteiger partial charge in [-0.3, -0.25) is 9.59 Å². The van der Waals surface area contributed by atoms with E-state index in [2.05, 4.69) is 22.4 Å². The number of hydrogen-bond donors (Lipinski definition) is 1. The average Bonchev–Trinajstić information content (AvgIpc) is 3.01. The predicted octanol–water partition coefficient (Wildman–Crippen LogP) is 2.05. The molecule has 2 aromatic rings. The number of methoxy groups -OCH3 is 1. The number of pyridine rings is 1. The molecule has 0 bridgehead atoms. The summed E-state index contributed by atoms with van der Waals surface area (Å²) in [5, 5.41) is 2.92. The van der Waals surface area contributed by atoms with E-state index in [4.69, 9.17) is 4.74 Å². The minimum atomic E-state index is -0.265. The monoisotopic (exact) mass is 353 g/mol. The molecule has 0 spiro atoms. The lowest BCUT2D eigenvalue weighted by molar-refractivity contribution is -0.127. The Morgan fingerprint density at radius 3 is 2.85 bits per heavy atom.